The summed E-state index contributed by atoms with van der Waals surface area (Å²) in [4.78, 5) is 2.76. The summed E-state index contributed by atoms with van der Waals surface area (Å²) in [6.07, 6.45) is 7.33. The number of hydrogen-bond acceptors (Lipinski definition) is 1. The largest absolute Gasteiger partial charge is 0.300 e. The summed E-state index contributed by atoms with van der Waals surface area (Å²) in [6.45, 7) is 7.58. The van der Waals surface area contributed by atoms with Gasteiger partial charge in [-0.25, -0.2) is 0 Å². The molecule has 0 aromatic rings. The van der Waals surface area contributed by atoms with Crippen LogP contribution in [0.5, 0.6) is 0 Å². The molecule has 2 fully saturated rings. The molecule has 0 N–H and O–H groups in total. The Balaban J connectivity index is 2.02. The molecule has 2 aliphatic heterocycles. The van der Waals surface area contributed by atoms with Crippen molar-refractivity contribution < 1.29 is 0 Å². The predicted molar refractivity (Wildman–Crippen MR) is 56.8 cm³/mol. The summed E-state index contributed by atoms with van der Waals surface area (Å²) >= 11 is 0. The molecule has 0 aromatic heterocycles. The number of rotatable bonds is 1. The minimum atomic E-state index is 0.894. The Labute approximate surface area is 82.5 Å². The lowest BCUT2D eigenvalue weighted by molar-refractivity contribution is 0.0391. The van der Waals surface area contributed by atoms with Gasteiger partial charge in [0, 0.05) is 6.04 Å². The van der Waals surface area contributed by atoms with Gasteiger partial charge >= 0.3 is 0 Å². The summed E-state index contributed by atoms with van der Waals surface area (Å²) < 4.78 is 0. The molecule has 2 unspecified atom stereocenters. The molecule has 0 radical (unpaired) electrons. The van der Waals surface area contributed by atoms with E-state index >= 15 is 0 Å². The average Bonchev–Trinajstić information content (AvgIpc) is 2.17. The van der Waals surface area contributed by atoms with Crippen LogP contribution in [-0.2, 0) is 0 Å². The third-order valence-electron chi connectivity index (χ3n) is 4.00. The van der Waals surface area contributed by atoms with Crippen LogP contribution >= 0.6 is 0 Å². The van der Waals surface area contributed by atoms with E-state index in [1.807, 2.05) is 0 Å². The van der Waals surface area contributed by atoms with E-state index in [0.29, 0.717) is 0 Å². The van der Waals surface area contributed by atoms with Crippen LogP contribution in [0, 0.1) is 11.8 Å². The molecule has 2 heterocycles. The Morgan fingerprint density at radius 2 is 1.77 bits per heavy atom. The molecule has 0 spiro atoms. The van der Waals surface area contributed by atoms with Crippen LogP contribution < -0.4 is 0 Å². The fourth-order valence-electron chi connectivity index (χ4n) is 3.28. The molecule has 0 amide bonds. The van der Waals surface area contributed by atoms with Crippen LogP contribution in [-0.4, -0.2) is 24.0 Å². The highest BCUT2D eigenvalue weighted by Crippen LogP contribution is 2.34. The van der Waals surface area contributed by atoms with E-state index in [9.17, 15) is 0 Å². The first-order chi connectivity index (χ1) is 6.29. The van der Waals surface area contributed by atoms with Crippen molar-refractivity contribution in [2.75, 3.05) is 13.1 Å². The van der Waals surface area contributed by atoms with Crippen molar-refractivity contribution in [3.63, 3.8) is 0 Å². The maximum atomic E-state index is 2.76. The molecule has 2 aliphatic rings. The van der Waals surface area contributed by atoms with E-state index < -0.39 is 0 Å². The van der Waals surface area contributed by atoms with Gasteiger partial charge in [-0.2, -0.15) is 0 Å². The van der Waals surface area contributed by atoms with E-state index in [2.05, 4.69) is 18.7 Å². The fraction of sp³-hybridized carbons (Fsp3) is 1.00. The van der Waals surface area contributed by atoms with E-state index in [1.165, 1.54) is 45.2 Å². The second-order valence-corrected chi connectivity index (χ2v) is 5.15. The van der Waals surface area contributed by atoms with Crippen molar-refractivity contribution in [1.29, 1.82) is 0 Å². The van der Waals surface area contributed by atoms with Crippen LogP contribution in [0.15, 0.2) is 0 Å². The predicted octanol–water partition coefficient (Wildman–Crippen LogP) is 2.91. The Morgan fingerprint density at radius 3 is 2.54 bits per heavy atom. The minimum Gasteiger partial charge on any atom is -0.300 e. The van der Waals surface area contributed by atoms with Gasteiger partial charge in [0.25, 0.3) is 0 Å². The Bertz CT molecular complexity index is 163. The molecule has 0 aliphatic carbocycles. The Hall–Kier alpha value is -0.0400. The molecule has 2 saturated heterocycles. The highest BCUT2D eigenvalue weighted by molar-refractivity contribution is 4.88. The van der Waals surface area contributed by atoms with Gasteiger partial charge in [-0.3, -0.25) is 0 Å². The van der Waals surface area contributed by atoms with Crippen molar-refractivity contribution in [3.8, 4) is 0 Å². The molecule has 76 valence electrons. The summed E-state index contributed by atoms with van der Waals surface area (Å²) in [7, 11) is 0. The van der Waals surface area contributed by atoms with Crippen LogP contribution in [0.1, 0.15) is 46.0 Å². The number of fused-ring (bicyclic) bond motifs is 1. The molecular weight excluding hydrogens is 158 g/mol. The SMILES string of the molecule is CC(C)C1CCCN2CCCCC12. The second kappa shape index (κ2) is 4.00. The van der Waals surface area contributed by atoms with Crippen molar-refractivity contribution in [2.45, 2.75) is 52.0 Å². The molecule has 1 nitrogen and oxygen atoms in total. The van der Waals surface area contributed by atoms with E-state index in [4.69, 9.17) is 0 Å². The lowest BCUT2D eigenvalue weighted by Gasteiger charge is -2.46. The van der Waals surface area contributed by atoms with Crippen molar-refractivity contribution in [2.24, 2.45) is 11.8 Å². The molecule has 0 bridgehead atoms. The zero-order valence-corrected chi connectivity index (χ0v) is 9.13. The number of piperidine rings is 2. The smallest absolute Gasteiger partial charge is 0.0126 e. The van der Waals surface area contributed by atoms with Crippen LogP contribution in [0.4, 0.5) is 0 Å². The third-order valence-corrected chi connectivity index (χ3v) is 4.00. The van der Waals surface area contributed by atoms with Gasteiger partial charge in [-0.05, 0) is 50.6 Å². The van der Waals surface area contributed by atoms with E-state index in [-0.39, 0.29) is 0 Å². The summed E-state index contributed by atoms with van der Waals surface area (Å²) in [6, 6.07) is 0.947. The zero-order valence-electron chi connectivity index (χ0n) is 9.13. The first-order valence-electron chi connectivity index (χ1n) is 6.03. The average molecular weight is 181 g/mol. The second-order valence-electron chi connectivity index (χ2n) is 5.15. The molecule has 0 aromatic carbocycles. The van der Waals surface area contributed by atoms with Crippen molar-refractivity contribution in [1.82, 2.24) is 4.90 Å². The van der Waals surface area contributed by atoms with E-state index in [1.54, 1.807) is 0 Å². The quantitative estimate of drug-likeness (QED) is 0.601. The number of hydrogen-bond donors (Lipinski definition) is 0. The highest BCUT2D eigenvalue weighted by Gasteiger charge is 2.34. The lowest BCUT2D eigenvalue weighted by Crippen LogP contribution is -2.49. The monoisotopic (exact) mass is 181 g/mol. The van der Waals surface area contributed by atoms with Gasteiger partial charge in [0.2, 0.25) is 0 Å². The van der Waals surface area contributed by atoms with Gasteiger partial charge in [0.15, 0.2) is 0 Å². The molecule has 1 heteroatoms. The molecule has 0 saturated carbocycles. The van der Waals surface area contributed by atoms with Crippen LogP contribution in [0.25, 0.3) is 0 Å². The highest BCUT2D eigenvalue weighted by atomic mass is 15.2. The van der Waals surface area contributed by atoms with Gasteiger partial charge in [-0.15, -0.1) is 0 Å². The van der Waals surface area contributed by atoms with Crippen LogP contribution in [0.2, 0.25) is 0 Å². The third kappa shape index (κ3) is 1.90. The topological polar surface area (TPSA) is 3.24 Å². The van der Waals surface area contributed by atoms with Crippen molar-refractivity contribution in [3.05, 3.63) is 0 Å². The summed E-state index contributed by atoms with van der Waals surface area (Å²) in [5, 5.41) is 0. The Morgan fingerprint density at radius 1 is 1.00 bits per heavy atom. The fourth-order valence-corrected chi connectivity index (χ4v) is 3.28. The normalized spacial score (nSPS) is 36.2. The molecular formula is C12H23N. The maximum Gasteiger partial charge on any atom is 0.0126 e. The molecule has 2 atom stereocenters. The summed E-state index contributed by atoms with van der Waals surface area (Å²) in [5.41, 5.74) is 0. The molecule has 13 heavy (non-hydrogen) atoms. The maximum absolute atomic E-state index is 2.76. The zero-order chi connectivity index (χ0) is 9.26. The van der Waals surface area contributed by atoms with Gasteiger partial charge in [0.05, 0.1) is 0 Å². The summed E-state index contributed by atoms with van der Waals surface area (Å²) in [5.74, 6) is 1.89. The molecule has 2 rings (SSSR count). The first kappa shape index (κ1) is 9.51. The lowest BCUT2D eigenvalue weighted by atomic mass is 9.77. The van der Waals surface area contributed by atoms with Gasteiger partial charge in [0.1, 0.15) is 0 Å². The van der Waals surface area contributed by atoms with Crippen LogP contribution in [0.3, 0.4) is 0 Å². The van der Waals surface area contributed by atoms with Gasteiger partial charge < -0.3 is 4.90 Å². The standard InChI is InChI=1S/C12H23N/c1-10(2)11-6-5-9-13-8-4-3-7-12(11)13/h10-12H,3-9H2,1-2H3. The van der Waals surface area contributed by atoms with E-state index in [0.717, 1.165) is 17.9 Å². The van der Waals surface area contributed by atoms with Crippen molar-refractivity contribution >= 4 is 0 Å². The Kier molecular flexibility index (Phi) is 2.92. The minimum absolute atomic E-state index is 0.894. The first-order valence-corrected chi connectivity index (χ1v) is 6.03. The number of nitrogens with zero attached hydrogens (tertiary/aromatic N) is 1. The van der Waals surface area contributed by atoms with Gasteiger partial charge in [-0.1, -0.05) is 20.3 Å².